The molecule has 0 fully saturated rings. The molecule has 0 aliphatic rings. The largest absolute Gasteiger partial charge is 0.466 e. The molecule has 13 heavy (non-hydrogen) atoms. The smallest absolute Gasteiger partial charge is 0.303 e. The molecule has 1 heterocycles. The lowest BCUT2D eigenvalue weighted by Gasteiger charge is -1.87. The Morgan fingerprint density at radius 3 is 1.92 bits per heavy atom. The van der Waals surface area contributed by atoms with E-state index in [0.717, 1.165) is 12.2 Å². The topological polar surface area (TPSA) is 104 Å². The highest BCUT2D eigenvalue weighted by Crippen LogP contribution is 2.25. The van der Waals surface area contributed by atoms with Crippen LogP contribution in [0.1, 0.15) is 12.7 Å². The molecule has 74 valence electrons. The predicted molar refractivity (Wildman–Crippen MR) is 45.7 cm³/mol. The maximum absolute atomic E-state index is 8.88. The second-order valence-corrected chi connectivity index (χ2v) is 3.06. The van der Waals surface area contributed by atoms with Gasteiger partial charge >= 0.3 is 7.82 Å². The minimum absolute atomic E-state index is 0.910. The third-order valence-electron chi connectivity index (χ3n) is 0.935. The first-order chi connectivity index (χ1) is 5.93. The molecule has 0 aliphatic carbocycles. The Morgan fingerprint density at radius 2 is 1.69 bits per heavy atom. The zero-order valence-corrected chi connectivity index (χ0v) is 7.93. The summed E-state index contributed by atoms with van der Waals surface area (Å²) in [6.45, 7) is 2.04. The summed E-state index contributed by atoms with van der Waals surface area (Å²) in [7, 11) is -4.64. The Hall–Kier alpha value is -0.810. The molecule has 6 nitrogen and oxygen atoms in total. The molecule has 1 rings (SSSR count). The van der Waals surface area contributed by atoms with E-state index in [1.165, 1.54) is 0 Å². The van der Waals surface area contributed by atoms with E-state index in [4.69, 9.17) is 19.2 Å². The lowest BCUT2D eigenvalue weighted by Crippen LogP contribution is -1.87. The van der Waals surface area contributed by atoms with Crippen LogP contribution in [0, 0.1) is 0 Å². The Labute approximate surface area is 75.5 Å². The van der Waals surface area contributed by atoms with Gasteiger partial charge in [0.25, 0.3) is 0 Å². The summed E-state index contributed by atoms with van der Waals surface area (Å²) >= 11 is 0. The number of nitrogens with zero attached hydrogens (tertiary/aromatic N) is 2. The minimum atomic E-state index is -4.64. The average molecular weight is 206 g/mol. The van der Waals surface area contributed by atoms with E-state index in [1.54, 1.807) is 12.4 Å². The zero-order valence-electron chi connectivity index (χ0n) is 7.03. The molecule has 1 aromatic heterocycles. The highest BCUT2D eigenvalue weighted by atomic mass is 31.2. The van der Waals surface area contributed by atoms with E-state index in [-0.39, 0.29) is 0 Å². The lowest BCUT2D eigenvalue weighted by molar-refractivity contribution is 0.275. The number of phosphoric acid groups is 1. The van der Waals surface area contributed by atoms with Crippen LogP contribution in [-0.2, 0) is 11.0 Å². The summed E-state index contributed by atoms with van der Waals surface area (Å²) in [4.78, 5) is 29.5. The molecule has 0 saturated carbocycles. The van der Waals surface area contributed by atoms with Gasteiger partial charge in [0.05, 0.1) is 0 Å². The van der Waals surface area contributed by atoms with Gasteiger partial charge in [-0.05, 0) is 6.07 Å². The maximum atomic E-state index is 8.88. The Morgan fingerprint density at radius 1 is 1.31 bits per heavy atom. The van der Waals surface area contributed by atoms with Gasteiger partial charge in [-0.2, -0.15) is 0 Å². The Kier molecular flexibility index (Phi) is 5.41. The fraction of sp³-hybridized carbons (Fsp3) is 0.333. The number of hydrogen-bond acceptors (Lipinski definition) is 3. The monoisotopic (exact) mass is 206 g/mol. The van der Waals surface area contributed by atoms with Gasteiger partial charge in [0.2, 0.25) is 0 Å². The van der Waals surface area contributed by atoms with E-state index in [1.807, 2.05) is 13.0 Å². The first-order valence-corrected chi connectivity index (χ1v) is 5.04. The maximum Gasteiger partial charge on any atom is 0.466 e. The lowest BCUT2D eigenvalue weighted by atomic mass is 10.4. The summed E-state index contributed by atoms with van der Waals surface area (Å²) in [6, 6.07) is 1.82. The fourth-order valence-electron chi connectivity index (χ4n) is 0.513. The van der Waals surface area contributed by atoms with Crippen molar-refractivity contribution in [2.24, 2.45) is 0 Å². The summed E-state index contributed by atoms with van der Waals surface area (Å²) in [6.07, 6.45) is 4.43. The molecule has 0 saturated heterocycles. The Bertz CT molecular complexity index is 265. The van der Waals surface area contributed by atoms with Crippen molar-refractivity contribution < 1.29 is 19.2 Å². The second kappa shape index (κ2) is 5.77. The van der Waals surface area contributed by atoms with Crippen LogP contribution in [0.2, 0.25) is 0 Å². The van der Waals surface area contributed by atoms with Crippen molar-refractivity contribution in [1.29, 1.82) is 0 Å². The zero-order chi connectivity index (χ0) is 10.3. The van der Waals surface area contributed by atoms with Gasteiger partial charge in [0.15, 0.2) is 0 Å². The summed E-state index contributed by atoms with van der Waals surface area (Å²) in [5, 5.41) is 0. The summed E-state index contributed by atoms with van der Waals surface area (Å²) < 4.78 is 8.88. The van der Waals surface area contributed by atoms with Crippen LogP contribution >= 0.6 is 7.82 Å². The molecule has 0 aliphatic heterocycles. The van der Waals surface area contributed by atoms with Crippen LogP contribution in [-0.4, -0.2) is 24.6 Å². The molecule has 3 N–H and O–H groups in total. The molecule has 0 aromatic carbocycles. The van der Waals surface area contributed by atoms with Crippen molar-refractivity contribution in [2.45, 2.75) is 13.3 Å². The van der Waals surface area contributed by atoms with Crippen LogP contribution < -0.4 is 0 Å². The minimum Gasteiger partial charge on any atom is -0.303 e. The number of rotatable bonds is 1. The van der Waals surface area contributed by atoms with Crippen LogP contribution in [0.15, 0.2) is 18.5 Å². The van der Waals surface area contributed by atoms with Gasteiger partial charge in [0.1, 0.15) is 5.82 Å². The van der Waals surface area contributed by atoms with Crippen LogP contribution in [0.4, 0.5) is 0 Å². The van der Waals surface area contributed by atoms with Crippen LogP contribution in [0.3, 0.4) is 0 Å². The molecule has 0 unspecified atom stereocenters. The molecule has 0 spiro atoms. The molecule has 0 amide bonds. The third kappa shape index (κ3) is 11.2. The standard InChI is InChI=1S/C6H8N2.H3O4P/c1-2-6-7-4-3-5-8-6;1-5(2,3)4/h3-5H,2H2,1H3;(H3,1,2,3,4). The van der Waals surface area contributed by atoms with E-state index in [0.29, 0.717) is 0 Å². The molecule has 1 aromatic rings. The Balaban J connectivity index is 0.000000252. The number of aromatic nitrogens is 2. The van der Waals surface area contributed by atoms with Gasteiger partial charge in [-0.3, -0.25) is 0 Å². The normalized spacial score (nSPS) is 10.2. The molecular formula is C6H11N2O4P. The summed E-state index contributed by atoms with van der Waals surface area (Å²) in [5.74, 6) is 0.910. The first kappa shape index (κ1) is 12.2. The molecule has 0 bridgehead atoms. The van der Waals surface area contributed by atoms with E-state index >= 15 is 0 Å². The van der Waals surface area contributed by atoms with E-state index < -0.39 is 7.82 Å². The predicted octanol–water partition coefficient (Wildman–Crippen LogP) is 0.110. The SMILES string of the molecule is CCc1ncccn1.O=P(O)(O)O. The van der Waals surface area contributed by atoms with E-state index in [9.17, 15) is 0 Å². The van der Waals surface area contributed by atoms with Gasteiger partial charge in [-0.15, -0.1) is 0 Å². The van der Waals surface area contributed by atoms with Crippen molar-refractivity contribution in [3.05, 3.63) is 24.3 Å². The number of hydrogen-bond donors (Lipinski definition) is 3. The second-order valence-electron chi connectivity index (χ2n) is 2.03. The van der Waals surface area contributed by atoms with Crippen molar-refractivity contribution in [3.63, 3.8) is 0 Å². The fourth-order valence-corrected chi connectivity index (χ4v) is 0.513. The average Bonchev–Trinajstić information content (AvgIpc) is 2.03. The summed E-state index contributed by atoms with van der Waals surface area (Å²) in [5.41, 5.74) is 0. The molecule has 0 radical (unpaired) electrons. The molecule has 7 heteroatoms. The van der Waals surface area contributed by atoms with E-state index in [2.05, 4.69) is 9.97 Å². The highest BCUT2D eigenvalue weighted by Gasteiger charge is 2.00. The van der Waals surface area contributed by atoms with Gasteiger partial charge < -0.3 is 14.7 Å². The van der Waals surface area contributed by atoms with Crippen LogP contribution in [0.25, 0.3) is 0 Å². The molecule has 0 atom stereocenters. The first-order valence-electron chi connectivity index (χ1n) is 3.47. The van der Waals surface area contributed by atoms with Gasteiger partial charge in [-0.25, -0.2) is 14.5 Å². The van der Waals surface area contributed by atoms with Crippen molar-refractivity contribution in [3.8, 4) is 0 Å². The van der Waals surface area contributed by atoms with Gasteiger partial charge in [0, 0.05) is 18.8 Å². The highest BCUT2D eigenvalue weighted by molar-refractivity contribution is 7.45. The van der Waals surface area contributed by atoms with Crippen molar-refractivity contribution >= 4 is 7.82 Å². The van der Waals surface area contributed by atoms with Crippen LogP contribution in [0.5, 0.6) is 0 Å². The van der Waals surface area contributed by atoms with Gasteiger partial charge in [-0.1, -0.05) is 6.92 Å². The van der Waals surface area contributed by atoms with Crippen molar-refractivity contribution in [1.82, 2.24) is 9.97 Å². The number of aryl methyl sites for hydroxylation is 1. The van der Waals surface area contributed by atoms with Crippen molar-refractivity contribution in [2.75, 3.05) is 0 Å². The third-order valence-corrected chi connectivity index (χ3v) is 0.935. The quantitative estimate of drug-likeness (QED) is 0.563. The molecular weight excluding hydrogens is 195 g/mol.